The Balaban J connectivity index is 1.94. The lowest BCUT2D eigenvalue weighted by molar-refractivity contribution is -0.139. The largest absolute Gasteiger partial charge is 0.463 e. The highest BCUT2D eigenvalue weighted by molar-refractivity contribution is 6.30. The standard InChI is InChI=1S/C27H38ClN5O4/c1-6-13-33-21(18-31-14-8-15-32(17-16-31)26(36)30-27(3,4)5)22(24(34)37-7-2)23(29-25(33)35)19-9-11-20(28)12-10-19/h6,9-12,23H,1,7-8,13-18H2,2-5H3,(H,29,35)(H,30,36)/t23-/m1/s1. The second-order valence-corrected chi connectivity index (χ2v) is 10.6. The number of urea groups is 2. The number of rotatable bonds is 7. The fourth-order valence-corrected chi connectivity index (χ4v) is 4.62. The average Bonchev–Trinajstić information content (AvgIpc) is 3.06. The van der Waals surface area contributed by atoms with Crippen molar-refractivity contribution in [1.29, 1.82) is 0 Å². The topological polar surface area (TPSA) is 94.2 Å². The van der Waals surface area contributed by atoms with E-state index in [1.807, 2.05) is 25.7 Å². The van der Waals surface area contributed by atoms with E-state index in [0.29, 0.717) is 49.0 Å². The Morgan fingerprint density at radius 1 is 1.19 bits per heavy atom. The van der Waals surface area contributed by atoms with Crippen LogP contribution in [0.1, 0.15) is 45.7 Å². The quantitative estimate of drug-likeness (QED) is 0.411. The molecule has 1 fully saturated rings. The number of nitrogens with one attached hydrogen (secondary N) is 2. The van der Waals surface area contributed by atoms with E-state index in [2.05, 4.69) is 22.1 Å². The molecule has 10 heteroatoms. The van der Waals surface area contributed by atoms with Gasteiger partial charge in [-0.2, -0.15) is 0 Å². The van der Waals surface area contributed by atoms with E-state index in [-0.39, 0.29) is 30.8 Å². The number of benzene rings is 1. The molecule has 0 bridgehead atoms. The molecule has 2 N–H and O–H groups in total. The zero-order valence-electron chi connectivity index (χ0n) is 22.2. The van der Waals surface area contributed by atoms with Gasteiger partial charge in [0.2, 0.25) is 0 Å². The Kier molecular flexibility index (Phi) is 9.62. The average molecular weight is 532 g/mol. The number of carbonyl (C=O) groups is 3. The first-order valence-electron chi connectivity index (χ1n) is 12.7. The molecule has 1 atom stereocenters. The third-order valence-electron chi connectivity index (χ3n) is 6.18. The van der Waals surface area contributed by atoms with Crippen LogP contribution in [0, 0.1) is 0 Å². The summed E-state index contributed by atoms with van der Waals surface area (Å²) >= 11 is 6.09. The van der Waals surface area contributed by atoms with Crippen LogP contribution in [-0.2, 0) is 9.53 Å². The van der Waals surface area contributed by atoms with Crippen molar-refractivity contribution in [1.82, 2.24) is 25.3 Å². The summed E-state index contributed by atoms with van der Waals surface area (Å²) in [6, 6.07) is 5.97. The summed E-state index contributed by atoms with van der Waals surface area (Å²) in [6.45, 7) is 14.7. The van der Waals surface area contributed by atoms with Gasteiger partial charge < -0.3 is 20.3 Å². The van der Waals surface area contributed by atoms with Crippen molar-refractivity contribution < 1.29 is 19.1 Å². The van der Waals surface area contributed by atoms with Crippen LogP contribution >= 0.6 is 11.6 Å². The predicted molar refractivity (Wildman–Crippen MR) is 144 cm³/mol. The summed E-state index contributed by atoms with van der Waals surface area (Å²) in [5.41, 5.74) is 1.38. The lowest BCUT2D eigenvalue weighted by Crippen LogP contribution is -2.51. The van der Waals surface area contributed by atoms with Crippen molar-refractivity contribution in [3.8, 4) is 0 Å². The van der Waals surface area contributed by atoms with Crippen LogP contribution < -0.4 is 10.6 Å². The first-order chi connectivity index (χ1) is 17.5. The third kappa shape index (κ3) is 7.49. The molecule has 3 rings (SSSR count). The zero-order valence-corrected chi connectivity index (χ0v) is 22.9. The molecule has 0 aromatic heterocycles. The van der Waals surface area contributed by atoms with Crippen LogP contribution in [0.2, 0.25) is 5.02 Å². The molecular formula is C27H38ClN5O4. The van der Waals surface area contributed by atoms with Gasteiger partial charge in [0.05, 0.1) is 18.2 Å². The van der Waals surface area contributed by atoms with Gasteiger partial charge in [-0.25, -0.2) is 14.4 Å². The molecule has 2 aliphatic rings. The minimum atomic E-state index is -0.680. The summed E-state index contributed by atoms with van der Waals surface area (Å²) in [6.07, 6.45) is 2.40. The minimum Gasteiger partial charge on any atom is -0.463 e. The minimum absolute atomic E-state index is 0.0890. The normalized spacial score (nSPS) is 19.3. The Bertz CT molecular complexity index is 1030. The maximum atomic E-state index is 13.3. The lowest BCUT2D eigenvalue weighted by atomic mass is 9.94. The summed E-state index contributed by atoms with van der Waals surface area (Å²) in [7, 11) is 0. The van der Waals surface area contributed by atoms with E-state index >= 15 is 0 Å². The molecule has 2 aliphatic heterocycles. The van der Waals surface area contributed by atoms with Crippen molar-refractivity contribution in [2.24, 2.45) is 0 Å². The van der Waals surface area contributed by atoms with Crippen molar-refractivity contribution in [2.45, 2.75) is 45.7 Å². The van der Waals surface area contributed by atoms with Gasteiger partial charge in [-0.1, -0.05) is 29.8 Å². The molecular weight excluding hydrogens is 494 g/mol. The fourth-order valence-electron chi connectivity index (χ4n) is 4.49. The van der Waals surface area contributed by atoms with E-state index in [4.69, 9.17) is 16.3 Å². The van der Waals surface area contributed by atoms with Gasteiger partial charge in [0, 0.05) is 55.5 Å². The van der Waals surface area contributed by atoms with Crippen molar-refractivity contribution in [2.75, 3.05) is 45.9 Å². The van der Waals surface area contributed by atoms with E-state index < -0.39 is 12.0 Å². The number of esters is 1. The number of hydrogen-bond donors (Lipinski definition) is 2. The first kappa shape index (κ1) is 28.5. The molecule has 0 radical (unpaired) electrons. The van der Waals surface area contributed by atoms with Crippen molar-refractivity contribution in [3.05, 3.63) is 58.8 Å². The maximum absolute atomic E-state index is 13.3. The number of nitrogens with zero attached hydrogens (tertiary/aromatic N) is 3. The molecule has 202 valence electrons. The molecule has 9 nitrogen and oxygen atoms in total. The van der Waals surface area contributed by atoms with Crippen LogP contribution in [0.25, 0.3) is 0 Å². The number of ether oxygens (including phenoxy) is 1. The highest BCUT2D eigenvalue weighted by Gasteiger charge is 2.38. The summed E-state index contributed by atoms with van der Waals surface area (Å²) in [4.78, 5) is 44.8. The first-order valence-corrected chi connectivity index (χ1v) is 13.1. The molecule has 0 saturated carbocycles. The van der Waals surface area contributed by atoms with Gasteiger partial charge in [0.25, 0.3) is 0 Å². The van der Waals surface area contributed by atoms with Crippen LogP contribution in [0.5, 0.6) is 0 Å². The Morgan fingerprint density at radius 2 is 1.89 bits per heavy atom. The van der Waals surface area contributed by atoms with Crippen molar-refractivity contribution in [3.63, 3.8) is 0 Å². The molecule has 0 unspecified atom stereocenters. The molecule has 0 aliphatic carbocycles. The SMILES string of the molecule is C=CCN1C(=O)N[C@H](c2ccc(Cl)cc2)C(C(=O)OCC)=C1CN1CCCN(C(=O)NC(C)(C)C)CC1. The van der Waals surface area contributed by atoms with E-state index in [0.717, 1.165) is 12.0 Å². The van der Waals surface area contributed by atoms with Crippen LogP contribution in [0.15, 0.2) is 48.2 Å². The molecule has 2 heterocycles. The monoisotopic (exact) mass is 531 g/mol. The number of amides is 4. The molecule has 1 aromatic carbocycles. The van der Waals surface area contributed by atoms with Gasteiger partial charge in [0.15, 0.2) is 0 Å². The molecule has 37 heavy (non-hydrogen) atoms. The van der Waals surface area contributed by atoms with E-state index in [1.165, 1.54) is 0 Å². The Morgan fingerprint density at radius 3 is 2.51 bits per heavy atom. The highest BCUT2D eigenvalue weighted by atomic mass is 35.5. The van der Waals surface area contributed by atoms with Gasteiger partial charge in [-0.15, -0.1) is 6.58 Å². The van der Waals surface area contributed by atoms with Crippen LogP contribution in [-0.4, -0.2) is 84.1 Å². The lowest BCUT2D eigenvalue weighted by Gasteiger charge is -2.38. The number of halogens is 1. The van der Waals surface area contributed by atoms with Gasteiger partial charge in [-0.3, -0.25) is 9.80 Å². The molecule has 1 saturated heterocycles. The smallest absolute Gasteiger partial charge is 0.338 e. The van der Waals surface area contributed by atoms with Gasteiger partial charge in [0.1, 0.15) is 0 Å². The molecule has 4 amide bonds. The van der Waals surface area contributed by atoms with Gasteiger partial charge >= 0.3 is 18.0 Å². The van der Waals surface area contributed by atoms with Crippen LogP contribution in [0.4, 0.5) is 9.59 Å². The summed E-state index contributed by atoms with van der Waals surface area (Å²) in [5, 5.41) is 6.54. The van der Waals surface area contributed by atoms with Crippen LogP contribution in [0.3, 0.4) is 0 Å². The van der Waals surface area contributed by atoms with Gasteiger partial charge in [-0.05, 0) is 51.8 Å². The zero-order chi connectivity index (χ0) is 27.2. The Labute approximate surface area is 224 Å². The fraction of sp³-hybridized carbons (Fsp3) is 0.519. The highest BCUT2D eigenvalue weighted by Crippen LogP contribution is 2.33. The third-order valence-corrected chi connectivity index (χ3v) is 6.43. The van der Waals surface area contributed by atoms with E-state index in [9.17, 15) is 14.4 Å². The number of hydrogen-bond acceptors (Lipinski definition) is 5. The van der Waals surface area contributed by atoms with Crippen molar-refractivity contribution >= 4 is 29.6 Å². The number of carbonyl (C=O) groups excluding carboxylic acids is 3. The second kappa shape index (κ2) is 12.5. The predicted octanol–water partition coefficient (Wildman–Crippen LogP) is 3.93. The maximum Gasteiger partial charge on any atom is 0.338 e. The summed E-state index contributed by atoms with van der Waals surface area (Å²) < 4.78 is 5.45. The Hall–Kier alpha value is -3.04. The molecule has 1 aromatic rings. The van der Waals surface area contributed by atoms with E-state index in [1.54, 1.807) is 42.2 Å². The summed E-state index contributed by atoms with van der Waals surface area (Å²) in [5.74, 6) is -0.479. The second-order valence-electron chi connectivity index (χ2n) is 10.2. The molecule has 0 spiro atoms.